The van der Waals surface area contributed by atoms with E-state index in [9.17, 15) is 14.4 Å². The third kappa shape index (κ3) is 6.13. The Hall–Kier alpha value is -3.26. The minimum Gasteiger partial charge on any atom is -0.336 e. The molecule has 1 aliphatic rings. The van der Waals surface area contributed by atoms with Crippen molar-refractivity contribution in [2.45, 2.75) is 26.8 Å². The van der Waals surface area contributed by atoms with Gasteiger partial charge in [-0.25, -0.2) is 9.59 Å². The molecule has 0 bridgehead atoms. The van der Waals surface area contributed by atoms with Crippen LogP contribution in [-0.2, 0) is 0 Å². The number of benzene rings is 2. The number of urea groups is 2. The summed E-state index contributed by atoms with van der Waals surface area (Å²) in [5, 5.41) is 8.92. The maximum Gasteiger partial charge on any atom is 0.321 e. The molecule has 5 amide bonds. The van der Waals surface area contributed by atoms with Crippen molar-refractivity contribution in [3.05, 3.63) is 58.6 Å². The molecule has 0 aliphatic carbocycles. The number of nitrogens with zero attached hydrogens (tertiary/aromatic N) is 2. The summed E-state index contributed by atoms with van der Waals surface area (Å²) in [6, 6.07) is 11.7. The second-order valence-electron chi connectivity index (χ2n) is 8.00. The van der Waals surface area contributed by atoms with E-state index in [0.29, 0.717) is 48.1 Å². The number of hydrogen-bond acceptors (Lipinski definition) is 3. The predicted octanol–water partition coefficient (Wildman–Crippen LogP) is 4.17. The molecule has 0 aromatic heterocycles. The topological polar surface area (TPSA) is 93.8 Å². The zero-order valence-electron chi connectivity index (χ0n) is 18.4. The van der Waals surface area contributed by atoms with Crippen LogP contribution in [0.15, 0.2) is 42.5 Å². The number of hydrogen-bond donors (Lipinski definition) is 3. The van der Waals surface area contributed by atoms with Crippen LogP contribution < -0.4 is 16.0 Å². The molecule has 8 nitrogen and oxygen atoms in total. The summed E-state index contributed by atoms with van der Waals surface area (Å²) < 4.78 is 0. The van der Waals surface area contributed by atoms with Crippen molar-refractivity contribution in [3.63, 3.8) is 0 Å². The van der Waals surface area contributed by atoms with Crippen LogP contribution in [0, 0.1) is 6.92 Å². The molecule has 0 atom stereocenters. The summed E-state index contributed by atoms with van der Waals surface area (Å²) in [4.78, 5) is 40.5. The lowest BCUT2D eigenvalue weighted by Gasteiger charge is -2.34. The normalized spacial score (nSPS) is 13.7. The number of rotatable bonds is 4. The van der Waals surface area contributed by atoms with Crippen LogP contribution in [0.3, 0.4) is 0 Å². The number of aryl methyl sites for hydroxylation is 1. The van der Waals surface area contributed by atoms with Crippen molar-refractivity contribution in [1.82, 2.24) is 15.1 Å². The van der Waals surface area contributed by atoms with E-state index >= 15 is 0 Å². The standard InChI is InChI=1S/C23H28ClN5O3/c1-15(2)25-22(31)26-18-8-5-17(6-9-18)21(30)28-10-12-29(13-11-28)23(32)27-19-7-4-16(3)20(24)14-19/h4-9,14-15H,10-13H2,1-3H3,(H,27,32)(H2,25,26,31). The van der Waals surface area contributed by atoms with Crippen molar-refractivity contribution < 1.29 is 14.4 Å². The average Bonchev–Trinajstić information content (AvgIpc) is 2.76. The second-order valence-corrected chi connectivity index (χ2v) is 8.41. The van der Waals surface area contributed by atoms with Gasteiger partial charge in [0.25, 0.3) is 5.91 Å². The van der Waals surface area contributed by atoms with Gasteiger partial charge in [0.05, 0.1) is 0 Å². The van der Waals surface area contributed by atoms with Gasteiger partial charge in [0.1, 0.15) is 0 Å². The number of piperazine rings is 1. The van der Waals surface area contributed by atoms with E-state index in [-0.39, 0.29) is 24.0 Å². The summed E-state index contributed by atoms with van der Waals surface area (Å²) in [5.74, 6) is -0.103. The van der Waals surface area contributed by atoms with Crippen LogP contribution in [0.25, 0.3) is 0 Å². The highest BCUT2D eigenvalue weighted by Crippen LogP contribution is 2.20. The Bertz CT molecular complexity index is 986. The molecule has 1 aliphatic heterocycles. The molecule has 9 heteroatoms. The van der Waals surface area contributed by atoms with Gasteiger partial charge in [-0.3, -0.25) is 4.79 Å². The maximum atomic E-state index is 12.8. The fourth-order valence-corrected chi connectivity index (χ4v) is 3.47. The number of anilines is 2. The lowest BCUT2D eigenvalue weighted by molar-refractivity contribution is 0.0671. The molecular weight excluding hydrogens is 430 g/mol. The van der Waals surface area contributed by atoms with Crippen molar-refractivity contribution in [2.75, 3.05) is 36.8 Å². The van der Waals surface area contributed by atoms with Gasteiger partial charge in [-0.2, -0.15) is 0 Å². The summed E-state index contributed by atoms with van der Waals surface area (Å²) in [5.41, 5.74) is 2.73. The number of amides is 5. The number of carbonyl (C=O) groups is 3. The van der Waals surface area contributed by atoms with E-state index in [2.05, 4.69) is 16.0 Å². The van der Waals surface area contributed by atoms with Crippen molar-refractivity contribution in [3.8, 4) is 0 Å². The highest BCUT2D eigenvalue weighted by Gasteiger charge is 2.25. The van der Waals surface area contributed by atoms with Gasteiger partial charge >= 0.3 is 12.1 Å². The van der Waals surface area contributed by atoms with Crippen molar-refractivity contribution in [1.29, 1.82) is 0 Å². The molecular formula is C23H28ClN5O3. The molecule has 2 aromatic rings. The average molecular weight is 458 g/mol. The fourth-order valence-electron chi connectivity index (χ4n) is 3.29. The summed E-state index contributed by atoms with van der Waals surface area (Å²) in [6.07, 6.45) is 0. The van der Waals surface area contributed by atoms with Gasteiger partial charge in [-0.1, -0.05) is 17.7 Å². The molecule has 0 radical (unpaired) electrons. The molecule has 32 heavy (non-hydrogen) atoms. The zero-order valence-corrected chi connectivity index (χ0v) is 19.2. The monoisotopic (exact) mass is 457 g/mol. The molecule has 1 fully saturated rings. The molecule has 3 N–H and O–H groups in total. The molecule has 0 saturated carbocycles. The van der Waals surface area contributed by atoms with Crippen LogP contribution in [0.1, 0.15) is 29.8 Å². The predicted molar refractivity (Wildman–Crippen MR) is 126 cm³/mol. The van der Waals surface area contributed by atoms with Gasteiger partial charge in [-0.05, 0) is 62.7 Å². The van der Waals surface area contributed by atoms with Gasteiger partial charge in [0, 0.05) is 54.2 Å². The summed E-state index contributed by atoms with van der Waals surface area (Å²) >= 11 is 6.12. The van der Waals surface area contributed by atoms with Gasteiger partial charge in [-0.15, -0.1) is 0 Å². The lowest BCUT2D eigenvalue weighted by Crippen LogP contribution is -2.51. The zero-order chi connectivity index (χ0) is 23.3. The van der Waals surface area contributed by atoms with Gasteiger partial charge in [0.2, 0.25) is 0 Å². The van der Waals surface area contributed by atoms with E-state index < -0.39 is 0 Å². The molecule has 3 rings (SSSR count). The first kappa shape index (κ1) is 23.4. The van der Waals surface area contributed by atoms with Crippen LogP contribution in [-0.4, -0.2) is 60.0 Å². The van der Waals surface area contributed by atoms with Crippen LogP contribution in [0.2, 0.25) is 5.02 Å². The Morgan fingerprint density at radius 1 is 0.875 bits per heavy atom. The third-order valence-electron chi connectivity index (χ3n) is 5.09. The number of nitrogens with one attached hydrogen (secondary N) is 3. The third-order valence-corrected chi connectivity index (χ3v) is 5.49. The largest absolute Gasteiger partial charge is 0.336 e. The van der Waals surface area contributed by atoms with E-state index in [1.165, 1.54) is 0 Å². The maximum absolute atomic E-state index is 12.8. The van der Waals surface area contributed by atoms with Gasteiger partial charge < -0.3 is 25.8 Å². The first-order valence-electron chi connectivity index (χ1n) is 10.5. The number of halogens is 1. The number of carbonyl (C=O) groups excluding carboxylic acids is 3. The Labute approximate surface area is 192 Å². The molecule has 1 heterocycles. The Kier molecular flexibility index (Phi) is 7.58. The quantitative estimate of drug-likeness (QED) is 0.643. The van der Waals surface area contributed by atoms with E-state index in [4.69, 9.17) is 11.6 Å². The lowest BCUT2D eigenvalue weighted by atomic mass is 10.1. The minimum absolute atomic E-state index is 0.0336. The van der Waals surface area contributed by atoms with Crippen molar-refractivity contribution in [2.24, 2.45) is 0 Å². The van der Waals surface area contributed by atoms with E-state index in [1.807, 2.05) is 32.9 Å². The fraction of sp³-hybridized carbons (Fsp3) is 0.348. The van der Waals surface area contributed by atoms with Crippen molar-refractivity contribution >= 4 is 40.9 Å². The molecule has 2 aromatic carbocycles. The van der Waals surface area contributed by atoms with E-state index in [0.717, 1.165) is 5.56 Å². The Morgan fingerprint density at radius 3 is 2.06 bits per heavy atom. The molecule has 1 saturated heterocycles. The first-order chi connectivity index (χ1) is 15.2. The Balaban J connectivity index is 1.51. The highest BCUT2D eigenvalue weighted by molar-refractivity contribution is 6.31. The van der Waals surface area contributed by atoms with E-state index in [1.54, 1.807) is 40.1 Å². The molecule has 0 unspecified atom stereocenters. The molecule has 170 valence electrons. The summed E-state index contributed by atoms with van der Waals surface area (Å²) in [7, 11) is 0. The Morgan fingerprint density at radius 2 is 1.47 bits per heavy atom. The van der Waals surface area contributed by atoms with Crippen LogP contribution >= 0.6 is 11.6 Å². The second kappa shape index (κ2) is 10.4. The SMILES string of the molecule is Cc1ccc(NC(=O)N2CCN(C(=O)c3ccc(NC(=O)NC(C)C)cc3)CC2)cc1Cl. The summed E-state index contributed by atoms with van der Waals surface area (Å²) in [6.45, 7) is 7.41. The van der Waals surface area contributed by atoms with Crippen LogP contribution in [0.4, 0.5) is 21.0 Å². The highest BCUT2D eigenvalue weighted by atomic mass is 35.5. The molecule has 0 spiro atoms. The smallest absolute Gasteiger partial charge is 0.321 e. The van der Waals surface area contributed by atoms with Gasteiger partial charge in [0.15, 0.2) is 0 Å². The first-order valence-corrected chi connectivity index (χ1v) is 10.9. The minimum atomic E-state index is -0.290. The van der Waals surface area contributed by atoms with Crippen LogP contribution in [0.5, 0.6) is 0 Å².